The Morgan fingerprint density at radius 2 is 1.93 bits per heavy atom. The van der Waals surface area contributed by atoms with E-state index in [-0.39, 0.29) is 18.8 Å². The van der Waals surface area contributed by atoms with Crippen LogP contribution in [0.3, 0.4) is 0 Å². The van der Waals surface area contributed by atoms with E-state index in [9.17, 15) is 10.2 Å². The first-order chi connectivity index (χ1) is 7.12. The van der Waals surface area contributed by atoms with Crippen molar-refractivity contribution in [2.24, 2.45) is 5.92 Å². The first-order valence-electron chi connectivity index (χ1n) is 5.77. The van der Waals surface area contributed by atoms with Crippen molar-refractivity contribution in [1.82, 2.24) is 5.32 Å². The van der Waals surface area contributed by atoms with E-state index in [0.29, 0.717) is 6.54 Å². The van der Waals surface area contributed by atoms with Gasteiger partial charge in [0, 0.05) is 12.1 Å². The first-order valence-corrected chi connectivity index (χ1v) is 5.77. The van der Waals surface area contributed by atoms with E-state index >= 15 is 0 Å². The number of β-amino-alcohol motifs (C(OH)–C–C–N with tert-alkyl or cyclic N) is 1. The van der Waals surface area contributed by atoms with Gasteiger partial charge in [0.05, 0.1) is 19.3 Å². The third-order valence-electron chi connectivity index (χ3n) is 3.46. The molecular formula is C11H23NO3. The van der Waals surface area contributed by atoms with Crippen LogP contribution in [0.2, 0.25) is 0 Å². The molecule has 4 nitrogen and oxygen atoms in total. The maximum absolute atomic E-state index is 9.41. The van der Waals surface area contributed by atoms with Crippen molar-refractivity contribution in [1.29, 1.82) is 0 Å². The normalized spacial score (nSPS) is 34.0. The Balaban J connectivity index is 2.39. The van der Waals surface area contributed by atoms with Crippen LogP contribution in [0.25, 0.3) is 0 Å². The van der Waals surface area contributed by atoms with E-state index in [0.717, 1.165) is 31.6 Å². The summed E-state index contributed by atoms with van der Waals surface area (Å²) in [6, 6.07) is 0. The second-order valence-electron chi connectivity index (χ2n) is 4.84. The molecule has 1 aliphatic rings. The molecule has 1 rings (SSSR count). The van der Waals surface area contributed by atoms with E-state index in [4.69, 9.17) is 5.11 Å². The number of nitrogens with one attached hydrogen (secondary N) is 1. The molecule has 0 saturated heterocycles. The predicted octanol–water partition coefficient (Wildman–Crippen LogP) is -0.130. The van der Waals surface area contributed by atoms with E-state index < -0.39 is 6.10 Å². The van der Waals surface area contributed by atoms with Crippen molar-refractivity contribution in [2.75, 3.05) is 19.8 Å². The van der Waals surface area contributed by atoms with Crippen LogP contribution < -0.4 is 5.32 Å². The number of aliphatic hydroxyl groups is 3. The van der Waals surface area contributed by atoms with Crippen molar-refractivity contribution in [3.63, 3.8) is 0 Å². The molecule has 1 fully saturated rings. The molecular weight excluding hydrogens is 194 g/mol. The molecule has 15 heavy (non-hydrogen) atoms. The molecule has 0 amide bonds. The van der Waals surface area contributed by atoms with Crippen LogP contribution in [0, 0.1) is 5.92 Å². The summed E-state index contributed by atoms with van der Waals surface area (Å²) in [4.78, 5) is 0. The molecule has 0 aromatic carbocycles. The average Bonchev–Trinajstić information content (AvgIpc) is 2.28. The monoisotopic (exact) mass is 217 g/mol. The highest BCUT2D eigenvalue weighted by Crippen LogP contribution is 2.31. The summed E-state index contributed by atoms with van der Waals surface area (Å²) >= 11 is 0. The van der Waals surface area contributed by atoms with E-state index in [1.54, 1.807) is 0 Å². The molecule has 1 saturated carbocycles. The van der Waals surface area contributed by atoms with Gasteiger partial charge in [-0.05, 0) is 31.6 Å². The standard InChI is InChI=1S/C11H23NO3/c1-9-2-4-11(8-14,5-3-9)12-6-10(15)7-13/h9-10,12-15H,2-8H2,1H3/t9?,10-,11?/m0/s1. The number of aliphatic hydroxyl groups excluding tert-OH is 3. The molecule has 0 bridgehead atoms. The third kappa shape index (κ3) is 3.72. The molecule has 0 radical (unpaired) electrons. The highest BCUT2D eigenvalue weighted by Gasteiger charge is 2.33. The Morgan fingerprint density at radius 3 is 2.40 bits per heavy atom. The van der Waals surface area contributed by atoms with Gasteiger partial charge in [0.1, 0.15) is 0 Å². The average molecular weight is 217 g/mol. The lowest BCUT2D eigenvalue weighted by Gasteiger charge is -2.39. The molecule has 1 aliphatic carbocycles. The minimum atomic E-state index is -0.729. The Morgan fingerprint density at radius 1 is 1.33 bits per heavy atom. The zero-order valence-corrected chi connectivity index (χ0v) is 9.45. The van der Waals surface area contributed by atoms with Gasteiger partial charge in [-0.1, -0.05) is 6.92 Å². The smallest absolute Gasteiger partial charge is 0.0895 e. The Hall–Kier alpha value is -0.160. The SMILES string of the molecule is CC1CCC(CO)(NC[C@H](O)CO)CC1. The highest BCUT2D eigenvalue weighted by atomic mass is 16.3. The summed E-state index contributed by atoms with van der Waals surface area (Å²) < 4.78 is 0. The first kappa shape index (κ1) is 12.9. The molecule has 4 N–H and O–H groups in total. The van der Waals surface area contributed by atoms with Crippen LogP contribution in [0.4, 0.5) is 0 Å². The van der Waals surface area contributed by atoms with Crippen molar-refractivity contribution in [3.05, 3.63) is 0 Å². The molecule has 0 spiro atoms. The van der Waals surface area contributed by atoms with Crippen molar-refractivity contribution in [3.8, 4) is 0 Å². The summed E-state index contributed by atoms with van der Waals surface area (Å²) in [5.74, 6) is 0.731. The molecule has 0 heterocycles. The van der Waals surface area contributed by atoms with Gasteiger partial charge in [-0.3, -0.25) is 0 Å². The fourth-order valence-corrected chi connectivity index (χ4v) is 2.10. The van der Waals surface area contributed by atoms with Gasteiger partial charge in [0.25, 0.3) is 0 Å². The van der Waals surface area contributed by atoms with Crippen molar-refractivity contribution >= 4 is 0 Å². The number of hydrogen-bond donors (Lipinski definition) is 4. The lowest BCUT2D eigenvalue weighted by atomic mass is 9.77. The van der Waals surface area contributed by atoms with Crippen LogP contribution in [0.5, 0.6) is 0 Å². The van der Waals surface area contributed by atoms with Gasteiger partial charge in [-0.25, -0.2) is 0 Å². The van der Waals surface area contributed by atoms with Crippen LogP contribution >= 0.6 is 0 Å². The summed E-state index contributed by atoms with van der Waals surface area (Å²) in [7, 11) is 0. The summed E-state index contributed by atoms with van der Waals surface area (Å²) in [5.41, 5.74) is -0.233. The molecule has 0 aliphatic heterocycles. The topological polar surface area (TPSA) is 72.7 Å². The lowest BCUT2D eigenvalue weighted by molar-refractivity contribution is 0.0593. The second-order valence-corrected chi connectivity index (χ2v) is 4.84. The van der Waals surface area contributed by atoms with Gasteiger partial charge in [-0.2, -0.15) is 0 Å². The quantitative estimate of drug-likeness (QED) is 0.518. The largest absolute Gasteiger partial charge is 0.394 e. The molecule has 0 unspecified atom stereocenters. The zero-order valence-electron chi connectivity index (χ0n) is 9.45. The van der Waals surface area contributed by atoms with E-state index in [1.165, 1.54) is 0 Å². The lowest BCUT2D eigenvalue weighted by Crippen LogP contribution is -2.53. The summed E-state index contributed by atoms with van der Waals surface area (Å²) in [6.07, 6.45) is 3.39. The van der Waals surface area contributed by atoms with Crippen LogP contribution in [0.1, 0.15) is 32.6 Å². The van der Waals surface area contributed by atoms with Gasteiger partial charge < -0.3 is 20.6 Å². The predicted molar refractivity (Wildman–Crippen MR) is 58.5 cm³/mol. The molecule has 1 atom stereocenters. The molecule has 90 valence electrons. The van der Waals surface area contributed by atoms with Gasteiger partial charge in [0.15, 0.2) is 0 Å². The van der Waals surface area contributed by atoms with Crippen molar-refractivity contribution in [2.45, 2.75) is 44.2 Å². The molecule has 0 aromatic rings. The van der Waals surface area contributed by atoms with Crippen LogP contribution in [-0.2, 0) is 0 Å². The minimum absolute atomic E-state index is 0.109. The Labute approximate surface area is 91.3 Å². The number of hydrogen-bond acceptors (Lipinski definition) is 4. The zero-order chi connectivity index (χ0) is 11.3. The minimum Gasteiger partial charge on any atom is -0.394 e. The van der Waals surface area contributed by atoms with Crippen LogP contribution in [0.15, 0.2) is 0 Å². The Bertz CT molecular complexity index is 179. The van der Waals surface area contributed by atoms with Crippen molar-refractivity contribution < 1.29 is 15.3 Å². The second kappa shape index (κ2) is 5.80. The van der Waals surface area contributed by atoms with E-state index in [2.05, 4.69) is 12.2 Å². The van der Waals surface area contributed by atoms with E-state index in [1.807, 2.05) is 0 Å². The summed E-state index contributed by atoms with van der Waals surface area (Å²) in [5, 5.41) is 30.6. The third-order valence-corrected chi connectivity index (χ3v) is 3.46. The highest BCUT2D eigenvalue weighted by molar-refractivity contribution is 4.92. The maximum Gasteiger partial charge on any atom is 0.0895 e. The maximum atomic E-state index is 9.41. The van der Waals surface area contributed by atoms with Gasteiger partial charge >= 0.3 is 0 Å². The van der Waals surface area contributed by atoms with Gasteiger partial charge in [-0.15, -0.1) is 0 Å². The molecule has 0 aromatic heterocycles. The fourth-order valence-electron chi connectivity index (χ4n) is 2.10. The van der Waals surface area contributed by atoms with Gasteiger partial charge in [0.2, 0.25) is 0 Å². The fraction of sp³-hybridized carbons (Fsp3) is 1.00. The Kier molecular flexibility index (Phi) is 4.99. The number of rotatable bonds is 5. The molecule has 4 heteroatoms. The van der Waals surface area contributed by atoms with Crippen LogP contribution in [-0.4, -0.2) is 46.7 Å². The summed E-state index contributed by atoms with van der Waals surface area (Å²) in [6.45, 7) is 2.46.